The van der Waals surface area contributed by atoms with Crippen LogP contribution in [0.1, 0.15) is 16.1 Å². The van der Waals surface area contributed by atoms with Crippen molar-refractivity contribution in [3.8, 4) is 6.07 Å². The molecule has 1 heterocycles. The Hall–Kier alpha value is -2.77. The Balaban J connectivity index is 1.88. The number of halogens is 1. The summed E-state index contributed by atoms with van der Waals surface area (Å²) in [4.78, 5) is 12.1. The number of nitriles is 1. The van der Waals surface area contributed by atoms with Crippen molar-refractivity contribution in [3.63, 3.8) is 0 Å². The van der Waals surface area contributed by atoms with Crippen LogP contribution in [-0.2, 0) is 0 Å². The number of rotatable bonds is 2. The lowest BCUT2D eigenvalue weighted by atomic mass is 10.2. The van der Waals surface area contributed by atoms with Crippen LogP contribution in [-0.4, -0.2) is 5.91 Å². The first-order chi connectivity index (χ1) is 10.2. The molecule has 0 aliphatic rings. The predicted molar refractivity (Wildman–Crippen MR) is 80.3 cm³/mol. The summed E-state index contributed by atoms with van der Waals surface area (Å²) in [6.07, 6.45) is 0. The molecule has 102 valence electrons. The van der Waals surface area contributed by atoms with Gasteiger partial charge >= 0.3 is 0 Å². The maximum Gasteiger partial charge on any atom is 0.291 e. The fourth-order valence-corrected chi connectivity index (χ4v) is 2.17. The summed E-state index contributed by atoms with van der Waals surface area (Å²) < 4.78 is 5.48. The molecule has 0 saturated carbocycles. The minimum atomic E-state index is -0.377. The number of nitrogens with zero attached hydrogens (tertiary/aromatic N) is 1. The van der Waals surface area contributed by atoms with Crippen molar-refractivity contribution in [3.05, 3.63) is 64.9 Å². The summed E-state index contributed by atoms with van der Waals surface area (Å²) in [6, 6.07) is 15.5. The van der Waals surface area contributed by atoms with Gasteiger partial charge in [0.05, 0.1) is 11.6 Å². The molecule has 1 N–H and O–H groups in total. The highest BCUT2D eigenvalue weighted by atomic mass is 35.5. The molecule has 0 radical (unpaired) electrons. The average molecular weight is 297 g/mol. The zero-order chi connectivity index (χ0) is 14.8. The number of furan rings is 1. The molecule has 4 nitrogen and oxygen atoms in total. The molecule has 0 saturated heterocycles. The number of carbonyl (C=O) groups is 1. The third kappa shape index (κ3) is 2.73. The quantitative estimate of drug-likeness (QED) is 0.770. The minimum absolute atomic E-state index is 0.189. The Bertz CT molecular complexity index is 877. The average Bonchev–Trinajstić information content (AvgIpc) is 2.90. The molecule has 2 aromatic carbocycles. The summed E-state index contributed by atoms with van der Waals surface area (Å²) in [5.74, 6) is -0.188. The number of carbonyl (C=O) groups excluding carboxylic acids is 1. The van der Waals surface area contributed by atoms with E-state index in [-0.39, 0.29) is 11.7 Å². The van der Waals surface area contributed by atoms with E-state index in [1.165, 1.54) is 0 Å². The fraction of sp³-hybridized carbons (Fsp3) is 0. The number of anilines is 1. The van der Waals surface area contributed by atoms with Crippen molar-refractivity contribution in [2.45, 2.75) is 0 Å². The standard InChI is InChI=1S/C16H9ClN2O2/c17-12-4-5-14-11(7-12)8-15(21-14)16(20)19-13-3-1-2-10(6-13)9-18/h1-8H,(H,19,20). The highest BCUT2D eigenvalue weighted by Gasteiger charge is 2.13. The molecule has 0 aliphatic carbocycles. The number of hydrogen-bond acceptors (Lipinski definition) is 3. The van der Waals surface area contributed by atoms with E-state index in [2.05, 4.69) is 5.32 Å². The van der Waals surface area contributed by atoms with Crippen molar-refractivity contribution in [1.29, 1.82) is 5.26 Å². The lowest BCUT2D eigenvalue weighted by molar-refractivity contribution is 0.0998. The highest BCUT2D eigenvalue weighted by molar-refractivity contribution is 6.31. The van der Waals surface area contributed by atoms with Crippen LogP contribution in [0.5, 0.6) is 0 Å². The van der Waals surface area contributed by atoms with Crippen LogP contribution in [0.4, 0.5) is 5.69 Å². The highest BCUT2D eigenvalue weighted by Crippen LogP contribution is 2.23. The maximum atomic E-state index is 12.1. The van der Waals surface area contributed by atoms with E-state index in [1.54, 1.807) is 48.5 Å². The van der Waals surface area contributed by atoms with E-state index in [0.29, 0.717) is 21.9 Å². The lowest BCUT2D eigenvalue weighted by Gasteiger charge is -2.02. The zero-order valence-electron chi connectivity index (χ0n) is 10.8. The molecule has 3 aromatic rings. The Morgan fingerprint density at radius 3 is 2.86 bits per heavy atom. The van der Waals surface area contributed by atoms with Crippen LogP contribution in [0.15, 0.2) is 52.9 Å². The number of fused-ring (bicyclic) bond motifs is 1. The second-order valence-corrected chi connectivity index (χ2v) is 4.88. The largest absolute Gasteiger partial charge is 0.451 e. The molecular formula is C16H9ClN2O2. The monoisotopic (exact) mass is 296 g/mol. The molecule has 5 heteroatoms. The third-order valence-corrected chi connectivity index (χ3v) is 3.19. The van der Waals surface area contributed by atoms with Gasteiger partial charge in [-0.3, -0.25) is 4.79 Å². The number of nitrogens with one attached hydrogen (secondary N) is 1. The normalized spacial score (nSPS) is 10.3. The Kier molecular flexibility index (Phi) is 3.35. The first kappa shape index (κ1) is 13.2. The molecule has 3 rings (SSSR count). The van der Waals surface area contributed by atoms with Crippen LogP contribution >= 0.6 is 11.6 Å². The van der Waals surface area contributed by atoms with Gasteiger partial charge in [0.1, 0.15) is 5.58 Å². The first-order valence-electron chi connectivity index (χ1n) is 6.16. The van der Waals surface area contributed by atoms with Gasteiger partial charge in [-0.1, -0.05) is 17.7 Å². The Labute approximate surface area is 125 Å². The molecule has 0 spiro atoms. The van der Waals surface area contributed by atoms with E-state index < -0.39 is 0 Å². The topological polar surface area (TPSA) is 66.0 Å². The number of amides is 1. The van der Waals surface area contributed by atoms with Crippen molar-refractivity contribution in [1.82, 2.24) is 0 Å². The van der Waals surface area contributed by atoms with E-state index in [4.69, 9.17) is 21.3 Å². The van der Waals surface area contributed by atoms with Gasteiger partial charge in [-0.2, -0.15) is 5.26 Å². The third-order valence-electron chi connectivity index (χ3n) is 2.95. The Morgan fingerprint density at radius 1 is 1.19 bits per heavy atom. The molecule has 0 fully saturated rings. The van der Waals surface area contributed by atoms with Crippen LogP contribution in [0.25, 0.3) is 11.0 Å². The van der Waals surface area contributed by atoms with Gasteiger partial charge in [-0.25, -0.2) is 0 Å². The SMILES string of the molecule is N#Cc1cccc(NC(=O)c2cc3cc(Cl)ccc3o2)c1. The molecule has 0 unspecified atom stereocenters. The maximum absolute atomic E-state index is 12.1. The first-order valence-corrected chi connectivity index (χ1v) is 6.54. The zero-order valence-corrected chi connectivity index (χ0v) is 11.5. The van der Waals surface area contributed by atoms with Gasteiger partial charge in [0.15, 0.2) is 5.76 Å². The number of benzene rings is 2. The van der Waals surface area contributed by atoms with Gasteiger partial charge in [-0.05, 0) is 42.5 Å². The smallest absolute Gasteiger partial charge is 0.291 e. The summed E-state index contributed by atoms with van der Waals surface area (Å²) >= 11 is 5.90. The van der Waals surface area contributed by atoms with Crippen molar-refractivity contribution in [2.75, 3.05) is 5.32 Å². The van der Waals surface area contributed by atoms with Crippen LogP contribution in [0, 0.1) is 11.3 Å². The van der Waals surface area contributed by atoms with Gasteiger partial charge in [0, 0.05) is 16.1 Å². The molecule has 0 bridgehead atoms. The van der Waals surface area contributed by atoms with Crippen LogP contribution < -0.4 is 5.32 Å². The second-order valence-electron chi connectivity index (χ2n) is 4.44. The van der Waals surface area contributed by atoms with Gasteiger partial charge in [-0.15, -0.1) is 0 Å². The van der Waals surface area contributed by atoms with E-state index in [1.807, 2.05) is 6.07 Å². The molecule has 1 aromatic heterocycles. The molecule has 0 atom stereocenters. The van der Waals surface area contributed by atoms with Gasteiger partial charge < -0.3 is 9.73 Å². The second kappa shape index (κ2) is 5.31. The van der Waals surface area contributed by atoms with Crippen LogP contribution in [0.3, 0.4) is 0 Å². The fourth-order valence-electron chi connectivity index (χ4n) is 1.99. The molecule has 1 amide bonds. The van der Waals surface area contributed by atoms with Crippen LogP contribution in [0.2, 0.25) is 5.02 Å². The van der Waals surface area contributed by atoms with Gasteiger partial charge in [0.2, 0.25) is 0 Å². The molecular weight excluding hydrogens is 288 g/mol. The summed E-state index contributed by atoms with van der Waals surface area (Å²) in [5.41, 5.74) is 1.61. The van der Waals surface area contributed by atoms with E-state index in [9.17, 15) is 4.79 Å². The lowest BCUT2D eigenvalue weighted by Crippen LogP contribution is -2.10. The summed E-state index contributed by atoms with van der Waals surface area (Å²) in [7, 11) is 0. The summed E-state index contributed by atoms with van der Waals surface area (Å²) in [5, 5.41) is 12.9. The van der Waals surface area contributed by atoms with Crippen molar-refractivity contribution < 1.29 is 9.21 Å². The van der Waals surface area contributed by atoms with Gasteiger partial charge in [0.25, 0.3) is 5.91 Å². The van der Waals surface area contributed by atoms with E-state index in [0.717, 1.165) is 5.39 Å². The number of hydrogen-bond donors (Lipinski definition) is 1. The van der Waals surface area contributed by atoms with Crippen molar-refractivity contribution >= 4 is 34.2 Å². The minimum Gasteiger partial charge on any atom is -0.451 e. The van der Waals surface area contributed by atoms with Crippen molar-refractivity contribution in [2.24, 2.45) is 0 Å². The van der Waals surface area contributed by atoms with E-state index >= 15 is 0 Å². The Morgan fingerprint density at radius 2 is 2.05 bits per heavy atom. The molecule has 0 aliphatic heterocycles. The summed E-state index contributed by atoms with van der Waals surface area (Å²) in [6.45, 7) is 0. The predicted octanol–water partition coefficient (Wildman–Crippen LogP) is 4.21. The molecule has 21 heavy (non-hydrogen) atoms.